The van der Waals surface area contributed by atoms with Gasteiger partial charge in [-0.3, -0.25) is 9.59 Å². The second-order valence-corrected chi connectivity index (χ2v) is 7.53. The van der Waals surface area contributed by atoms with Crippen LogP contribution in [0.5, 0.6) is 11.5 Å². The first-order chi connectivity index (χ1) is 16.3. The Morgan fingerprint density at radius 2 is 1.47 bits per heavy atom. The zero-order valence-corrected chi connectivity index (χ0v) is 19.6. The third kappa shape index (κ3) is 5.85. The summed E-state index contributed by atoms with van der Waals surface area (Å²) >= 11 is 6.11. The monoisotopic (exact) mass is 482 g/mol. The van der Waals surface area contributed by atoms with Crippen LogP contribution in [-0.4, -0.2) is 38.6 Å². The van der Waals surface area contributed by atoms with E-state index in [1.165, 1.54) is 26.4 Å². The van der Waals surface area contributed by atoms with E-state index in [0.717, 1.165) is 5.56 Å². The summed E-state index contributed by atoms with van der Waals surface area (Å²) in [6.07, 6.45) is 0. The molecule has 0 aromatic heterocycles. The summed E-state index contributed by atoms with van der Waals surface area (Å²) in [7, 11) is 2.83. The van der Waals surface area contributed by atoms with Crippen LogP contribution in [0, 0.1) is 6.92 Å². The van der Waals surface area contributed by atoms with E-state index in [2.05, 4.69) is 10.6 Å². The predicted octanol–water partition coefficient (Wildman–Crippen LogP) is 4.71. The SMILES string of the molecule is COc1cc(NC(=O)c2ccccc2Cl)c(C(=O)OCC(=O)Nc2ccccc2C)cc1OC. The maximum Gasteiger partial charge on any atom is 0.340 e. The molecule has 176 valence electrons. The molecule has 2 N–H and O–H groups in total. The van der Waals surface area contributed by atoms with Gasteiger partial charge in [0, 0.05) is 17.8 Å². The average Bonchev–Trinajstić information content (AvgIpc) is 2.83. The Balaban J connectivity index is 1.81. The molecule has 0 unspecified atom stereocenters. The highest BCUT2D eigenvalue weighted by Crippen LogP contribution is 2.34. The number of esters is 1. The Bertz CT molecular complexity index is 1230. The van der Waals surface area contributed by atoms with Crippen LogP contribution >= 0.6 is 11.6 Å². The first-order valence-corrected chi connectivity index (χ1v) is 10.6. The molecule has 3 aromatic carbocycles. The van der Waals surface area contributed by atoms with Crippen LogP contribution in [0.2, 0.25) is 5.02 Å². The molecule has 0 aliphatic rings. The number of aryl methyl sites for hydroxylation is 1. The van der Waals surface area contributed by atoms with Gasteiger partial charge in [0.25, 0.3) is 11.8 Å². The highest BCUT2D eigenvalue weighted by Gasteiger charge is 2.22. The fraction of sp³-hybridized carbons (Fsp3) is 0.160. The van der Waals surface area contributed by atoms with Crippen molar-refractivity contribution in [1.82, 2.24) is 0 Å². The van der Waals surface area contributed by atoms with Gasteiger partial charge in [-0.2, -0.15) is 0 Å². The standard InChI is InChI=1S/C25H23ClN2O6/c1-15-8-4-7-11-19(15)27-23(29)14-34-25(31)17-12-21(32-2)22(33-3)13-20(17)28-24(30)16-9-5-6-10-18(16)26/h4-13H,14H2,1-3H3,(H,27,29)(H,28,30). The van der Waals surface area contributed by atoms with Gasteiger partial charge in [-0.05, 0) is 30.7 Å². The van der Waals surface area contributed by atoms with E-state index in [-0.39, 0.29) is 33.3 Å². The molecule has 3 aromatic rings. The fourth-order valence-electron chi connectivity index (χ4n) is 3.09. The molecule has 3 rings (SSSR count). The first-order valence-electron chi connectivity index (χ1n) is 10.2. The van der Waals surface area contributed by atoms with Gasteiger partial charge >= 0.3 is 5.97 Å². The van der Waals surface area contributed by atoms with Gasteiger partial charge in [-0.1, -0.05) is 41.9 Å². The summed E-state index contributed by atoms with van der Waals surface area (Å²) < 4.78 is 15.7. The number of methoxy groups -OCH3 is 2. The molecule has 0 heterocycles. The van der Waals surface area contributed by atoms with Crippen molar-refractivity contribution in [3.05, 3.63) is 82.4 Å². The number of nitrogens with one attached hydrogen (secondary N) is 2. The Morgan fingerprint density at radius 1 is 0.824 bits per heavy atom. The van der Waals surface area contributed by atoms with E-state index < -0.39 is 24.4 Å². The number of hydrogen-bond acceptors (Lipinski definition) is 6. The molecule has 0 saturated carbocycles. The maximum absolute atomic E-state index is 12.9. The number of amides is 2. The van der Waals surface area contributed by atoms with Gasteiger partial charge in [0.15, 0.2) is 18.1 Å². The van der Waals surface area contributed by atoms with Crippen molar-refractivity contribution >= 4 is 40.8 Å². The fourth-order valence-corrected chi connectivity index (χ4v) is 3.32. The molecule has 8 nitrogen and oxygen atoms in total. The summed E-state index contributed by atoms with van der Waals surface area (Å²) in [6.45, 7) is 1.32. The molecule has 2 amide bonds. The topological polar surface area (TPSA) is 103 Å². The van der Waals surface area contributed by atoms with Crippen molar-refractivity contribution in [1.29, 1.82) is 0 Å². The summed E-state index contributed by atoms with van der Waals surface area (Å²) in [5, 5.41) is 5.58. The number of ether oxygens (including phenoxy) is 3. The number of carbonyl (C=O) groups excluding carboxylic acids is 3. The summed E-state index contributed by atoms with van der Waals surface area (Å²) in [5.41, 5.74) is 1.78. The van der Waals surface area contributed by atoms with E-state index in [0.29, 0.717) is 5.69 Å². The van der Waals surface area contributed by atoms with Crippen LogP contribution in [0.1, 0.15) is 26.3 Å². The number of carbonyl (C=O) groups is 3. The zero-order chi connectivity index (χ0) is 24.7. The Hall–Kier alpha value is -4.04. The molecule has 0 aliphatic carbocycles. The Morgan fingerprint density at radius 3 is 2.15 bits per heavy atom. The number of anilines is 2. The lowest BCUT2D eigenvalue weighted by molar-refractivity contribution is -0.119. The van der Waals surface area contributed by atoms with Gasteiger partial charge < -0.3 is 24.8 Å². The molecule has 0 fully saturated rings. The lowest BCUT2D eigenvalue weighted by Gasteiger charge is -2.16. The summed E-state index contributed by atoms with van der Waals surface area (Å²) in [5.74, 6) is -1.36. The van der Waals surface area contributed by atoms with E-state index in [4.69, 9.17) is 25.8 Å². The number of rotatable bonds is 8. The van der Waals surface area contributed by atoms with Crippen molar-refractivity contribution in [2.45, 2.75) is 6.92 Å². The van der Waals surface area contributed by atoms with Crippen molar-refractivity contribution in [3.63, 3.8) is 0 Å². The lowest BCUT2D eigenvalue weighted by Crippen LogP contribution is -2.22. The largest absolute Gasteiger partial charge is 0.493 e. The van der Waals surface area contributed by atoms with Crippen LogP contribution in [0.25, 0.3) is 0 Å². The van der Waals surface area contributed by atoms with E-state index >= 15 is 0 Å². The maximum atomic E-state index is 12.9. The van der Waals surface area contributed by atoms with Crippen molar-refractivity contribution in [2.24, 2.45) is 0 Å². The van der Waals surface area contributed by atoms with Crippen LogP contribution in [0.3, 0.4) is 0 Å². The quantitative estimate of drug-likeness (QED) is 0.450. The summed E-state index contributed by atoms with van der Waals surface area (Å²) in [4.78, 5) is 37.9. The molecule has 0 bridgehead atoms. The lowest BCUT2D eigenvalue weighted by atomic mass is 10.1. The Labute approximate surface area is 201 Å². The summed E-state index contributed by atoms with van der Waals surface area (Å²) in [6, 6.07) is 16.5. The van der Waals surface area contributed by atoms with Gasteiger partial charge in [-0.25, -0.2) is 4.79 Å². The minimum absolute atomic E-state index is 0.0262. The molecular weight excluding hydrogens is 460 g/mol. The number of hydrogen-bond donors (Lipinski definition) is 2. The number of benzene rings is 3. The minimum Gasteiger partial charge on any atom is -0.493 e. The normalized spacial score (nSPS) is 10.2. The predicted molar refractivity (Wildman–Crippen MR) is 129 cm³/mol. The van der Waals surface area contributed by atoms with Crippen LogP contribution in [0.4, 0.5) is 11.4 Å². The molecule has 0 spiro atoms. The number of para-hydroxylation sites is 1. The molecule has 9 heteroatoms. The molecule has 34 heavy (non-hydrogen) atoms. The second kappa shape index (κ2) is 11.2. The van der Waals surface area contributed by atoms with Crippen LogP contribution in [-0.2, 0) is 9.53 Å². The third-order valence-electron chi connectivity index (χ3n) is 4.86. The Kier molecular flexibility index (Phi) is 8.10. The van der Waals surface area contributed by atoms with Crippen molar-refractivity contribution in [2.75, 3.05) is 31.5 Å². The van der Waals surface area contributed by atoms with Gasteiger partial charge in [0.2, 0.25) is 0 Å². The van der Waals surface area contributed by atoms with Crippen LogP contribution < -0.4 is 20.1 Å². The second-order valence-electron chi connectivity index (χ2n) is 7.13. The van der Waals surface area contributed by atoms with Crippen molar-refractivity contribution < 1.29 is 28.6 Å². The average molecular weight is 483 g/mol. The minimum atomic E-state index is -0.838. The van der Waals surface area contributed by atoms with Crippen LogP contribution in [0.15, 0.2) is 60.7 Å². The third-order valence-corrected chi connectivity index (χ3v) is 5.19. The highest BCUT2D eigenvalue weighted by molar-refractivity contribution is 6.34. The first kappa shape index (κ1) is 24.6. The van der Waals surface area contributed by atoms with Gasteiger partial charge in [0.05, 0.1) is 36.1 Å². The zero-order valence-electron chi connectivity index (χ0n) is 18.8. The smallest absolute Gasteiger partial charge is 0.340 e. The molecule has 0 radical (unpaired) electrons. The van der Waals surface area contributed by atoms with E-state index in [1.54, 1.807) is 36.4 Å². The molecule has 0 aliphatic heterocycles. The molecule has 0 saturated heterocycles. The number of halogens is 1. The van der Waals surface area contributed by atoms with Crippen molar-refractivity contribution in [3.8, 4) is 11.5 Å². The van der Waals surface area contributed by atoms with Gasteiger partial charge in [0.1, 0.15) is 0 Å². The molecule has 0 atom stereocenters. The van der Waals surface area contributed by atoms with E-state index in [1.807, 2.05) is 19.1 Å². The van der Waals surface area contributed by atoms with E-state index in [9.17, 15) is 14.4 Å². The molecular formula is C25H23ClN2O6. The van der Waals surface area contributed by atoms with Gasteiger partial charge in [-0.15, -0.1) is 0 Å². The highest BCUT2D eigenvalue weighted by atomic mass is 35.5.